The molecule has 1 heterocycles. The van der Waals surface area contributed by atoms with Crippen molar-refractivity contribution in [2.45, 2.75) is 6.92 Å². The van der Waals surface area contributed by atoms with Gasteiger partial charge in [-0.25, -0.2) is 4.79 Å². The van der Waals surface area contributed by atoms with E-state index in [4.69, 9.17) is 9.47 Å². The van der Waals surface area contributed by atoms with Gasteiger partial charge in [-0.2, -0.15) is 0 Å². The molecule has 0 saturated carbocycles. The maximum Gasteiger partial charge on any atom is 0.347 e. The Morgan fingerprint density at radius 1 is 1.19 bits per heavy atom. The predicted molar refractivity (Wildman–Crippen MR) is 102 cm³/mol. The molecular formula is C20H16BrNO4. The molecule has 1 aliphatic heterocycles. The van der Waals surface area contributed by atoms with Crippen molar-refractivity contribution in [3.05, 3.63) is 81.8 Å². The summed E-state index contributed by atoms with van der Waals surface area (Å²) in [7, 11) is 0. The summed E-state index contributed by atoms with van der Waals surface area (Å²) in [6.07, 6.45) is 1.59. The summed E-state index contributed by atoms with van der Waals surface area (Å²) >= 11 is 3.39. The van der Waals surface area contributed by atoms with Gasteiger partial charge in [0.15, 0.2) is 11.3 Å². The van der Waals surface area contributed by atoms with Crippen LogP contribution in [0, 0.1) is 0 Å². The van der Waals surface area contributed by atoms with Gasteiger partial charge in [-0.15, -0.1) is 0 Å². The number of benzene rings is 2. The molecule has 0 atom stereocenters. The quantitative estimate of drug-likeness (QED) is 0.450. The van der Waals surface area contributed by atoms with Crippen molar-refractivity contribution in [1.82, 2.24) is 0 Å². The number of hydrogen-bond donors (Lipinski definition) is 1. The lowest BCUT2D eigenvalue weighted by Gasteiger charge is -2.08. The van der Waals surface area contributed by atoms with E-state index in [-0.39, 0.29) is 23.8 Å². The Labute approximate surface area is 159 Å². The van der Waals surface area contributed by atoms with Crippen molar-refractivity contribution in [3.63, 3.8) is 0 Å². The monoisotopic (exact) mass is 413 g/mol. The van der Waals surface area contributed by atoms with Gasteiger partial charge in [0.1, 0.15) is 0 Å². The number of anilines is 1. The van der Waals surface area contributed by atoms with Crippen LogP contribution in [0.2, 0.25) is 0 Å². The highest BCUT2D eigenvalue weighted by atomic mass is 79.9. The first-order valence-electron chi connectivity index (χ1n) is 8.01. The van der Waals surface area contributed by atoms with Crippen LogP contribution in [0.25, 0.3) is 6.08 Å². The van der Waals surface area contributed by atoms with Gasteiger partial charge in [-0.05, 0) is 42.8 Å². The number of allylic oxidation sites excluding steroid dienone is 1. The molecule has 0 fully saturated rings. The molecule has 0 radical (unpaired) electrons. The minimum absolute atomic E-state index is 0.0598. The second kappa shape index (κ2) is 8.01. The number of nitrogens with one attached hydrogen (secondary N) is 1. The maximum atomic E-state index is 12.7. The molecule has 1 aliphatic rings. The Morgan fingerprint density at radius 2 is 1.96 bits per heavy atom. The molecule has 5 nitrogen and oxygen atoms in total. The zero-order chi connectivity index (χ0) is 18.5. The molecule has 0 amide bonds. The van der Waals surface area contributed by atoms with Crippen LogP contribution in [-0.4, -0.2) is 18.4 Å². The zero-order valence-corrected chi connectivity index (χ0v) is 15.6. The number of ether oxygens (including phenoxy) is 2. The largest absolute Gasteiger partial charge is 0.462 e. The minimum atomic E-state index is -0.714. The van der Waals surface area contributed by atoms with Crippen LogP contribution in [0.3, 0.4) is 0 Å². The molecule has 2 aromatic rings. The number of para-hydroxylation sites is 1. The third kappa shape index (κ3) is 4.03. The number of halogens is 1. The van der Waals surface area contributed by atoms with Gasteiger partial charge in [-0.1, -0.05) is 46.3 Å². The Bertz CT molecular complexity index is 903. The summed E-state index contributed by atoms with van der Waals surface area (Å²) in [5.41, 5.74) is 1.32. The standard InChI is InChI=1S/C20H16BrNO4/c1-2-25-20(24)17-18(23)16(12-13-7-6-8-14(21)11-13)26-19(17)22-15-9-4-3-5-10-15/h3-12,22H,2H2,1H3/b16-12-. The van der Waals surface area contributed by atoms with Crippen LogP contribution in [0.4, 0.5) is 5.69 Å². The SMILES string of the molecule is CCOC(=O)C1=C(Nc2ccccc2)O/C(=C\c2cccc(Br)c2)C1=O. The molecule has 2 aromatic carbocycles. The van der Waals surface area contributed by atoms with Gasteiger partial charge in [-0.3, -0.25) is 4.79 Å². The number of rotatable bonds is 5. The molecule has 0 spiro atoms. The van der Waals surface area contributed by atoms with Crippen LogP contribution in [0.15, 0.2) is 76.3 Å². The lowest BCUT2D eigenvalue weighted by Crippen LogP contribution is -2.16. The third-order valence-electron chi connectivity index (χ3n) is 3.55. The summed E-state index contributed by atoms with van der Waals surface area (Å²) in [4.78, 5) is 25.0. The van der Waals surface area contributed by atoms with Gasteiger partial charge in [0.05, 0.1) is 6.61 Å². The highest BCUT2D eigenvalue weighted by Crippen LogP contribution is 2.29. The second-order valence-corrected chi connectivity index (χ2v) is 6.33. The molecule has 26 heavy (non-hydrogen) atoms. The number of hydrogen-bond acceptors (Lipinski definition) is 5. The fourth-order valence-electron chi connectivity index (χ4n) is 2.41. The first-order valence-corrected chi connectivity index (χ1v) is 8.81. The fourth-order valence-corrected chi connectivity index (χ4v) is 2.82. The van der Waals surface area contributed by atoms with E-state index in [1.807, 2.05) is 42.5 Å². The van der Waals surface area contributed by atoms with Gasteiger partial charge in [0.2, 0.25) is 11.7 Å². The molecule has 0 aromatic heterocycles. The van der Waals surface area contributed by atoms with E-state index >= 15 is 0 Å². The Kier molecular flexibility index (Phi) is 5.53. The van der Waals surface area contributed by atoms with Crippen molar-refractivity contribution in [2.24, 2.45) is 0 Å². The normalized spacial score (nSPS) is 15.2. The number of esters is 1. The van der Waals surface area contributed by atoms with E-state index in [2.05, 4.69) is 21.2 Å². The number of carbonyl (C=O) groups excluding carboxylic acids is 2. The van der Waals surface area contributed by atoms with Crippen LogP contribution in [0.1, 0.15) is 12.5 Å². The second-order valence-electron chi connectivity index (χ2n) is 5.41. The average molecular weight is 414 g/mol. The van der Waals surface area contributed by atoms with E-state index in [1.54, 1.807) is 25.1 Å². The Hall–Kier alpha value is -2.86. The first kappa shape index (κ1) is 17.9. The summed E-state index contributed by atoms with van der Waals surface area (Å²) in [6.45, 7) is 1.85. The first-order chi connectivity index (χ1) is 12.6. The zero-order valence-electron chi connectivity index (χ0n) is 14.0. The third-order valence-corrected chi connectivity index (χ3v) is 4.04. The van der Waals surface area contributed by atoms with Gasteiger partial charge in [0, 0.05) is 10.2 Å². The summed E-state index contributed by atoms with van der Waals surface area (Å²) < 4.78 is 11.5. The molecule has 132 valence electrons. The molecule has 6 heteroatoms. The van der Waals surface area contributed by atoms with Crippen LogP contribution < -0.4 is 5.32 Å². The smallest absolute Gasteiger partial charge is 0.347 e. The van der Waals surface area contributed by atoms with E-state index in [1.165, 1.54) is 0 Å². The van der Waals surface area contributed by atoms with Crippen molar-refractivity contribution in [2.75, 3.05) is 11.9 Å². The van der Waals surface area contributed by atoms with Crippen LogP contribution in [-0.2, 0) is 19.1 Å². The molecule has 1 N–H and O–H groups in total. The van der Waals surface area contributed by atoms with Gasteiger partial charge >= 0.3 is 5.97 Å². The average Bonchev–Trinajstić information content (AvgIpc) is 2.91. The van der Waals surface area contributed by atoms with Crippen LogP contribution in [0.5, 0.6) is 0 Å². The maximum absolute atomic E-state index is 12.7. The van der Waals surface area contributed by atoms with Crippen molar-refractivity contribution in [3.8, 4) is 0 Å². The number of carbonyl (C=O) groups is 2. The molecule has 3 rings (SSSR count). The fraction of sp³-hybridized carbons (Fsp3) is 0.100. The van der Waals surface area contributed by atoms with Crippen molar-refractivity contribution < 1.29 is 19.1 Å². The van der Waals surface area contributed by atoms with Crippen LogP contribution >= 0.6 is 15.9 Å². The molecule has 0 aliphatic carbocycles. The van der Waals surface area contributed by atoms with Gasteiger partial charge in [0.25, 0.3) is 0 Å². The number of ketones is 1. The summed E-state index contributed by atoms with van der Waals surface area (Å²) in [5, 5.41) is 2.97. The Balaban J connectivity index is 1.94. The lowest BCUT2D eigenvalue weighted by atomic mass is 10.1. The number of Topliss-reactive ketones (excluding diaryl/α,β-unsaturated/α-hetero) is 1. The topological polar surface area (TPSA) is 64.6 Å². The molecular weight excluding hydrogens is 398 g/mol. The Morgan fingerprint density at radius 3 is 2.65 bits per heavy atom. The molecule has 0 bridgehead atoms. The summed E-state index contributed by atoms with van der Waals surface area (Å²) in [5.74, 6) is -1.10. The van der Waals surface area contributed by atoms with Crippen molar-refractivity contribution in [1.29, 1.82) is 0 Å². The van der Waals surface area contributed by atoms with E-state index in [9.17, 15) is 9.59 Å². The predicted octanol–water partition coefficient (Wildman–Crippen LogP) is 4.28. The lowest BCUT2D eigenvalue weighted by molar-refractivity contribution is -0.139. The van der Waals surface area contributed by atoms with Crippen molar-refractivity contribution >= 4 is 39.4 Å². The molecule has 0 unspecified atom stereocenters. The van der Waals surface area contributed by atoms with Gasteiger partial charge < -0.3 is 14.8 Å². The van der Waals surface area contributed by atoms with E-state index in [0.29, 0.717) is 5.69 Å². The van der Waals surface area contributed by atoms with E-state index in [0.717, 1.165) is 10.0 Å². The highest BCUT2D eigenvalue weighted by molar-refractivity contribution is 9.10. The van der Waals surface area contributed by atoms with E-state index < -0.39 is 11.8 Å². The minimum Gasteiger partial charge on any atom is -0.462 e. The summed E-state index contributed by atoms with van der Waals surface area (Å²) in [6, 6.07) is 16.5. The highest BCUT2D eigenvalue weighted by Gasteiger charge is 2.36. The molecule has 0 saturated heterocycles.